The minimum absolute atomic E-state index is 0.990. The Bertz CT molecular complexity index is 796. The van der Waals surface area contributed by atoms with E-state index in [-0.39, 0.29) is 0 Å². The number of aromatic amines is 1. The van der Waals surface area contributed by atoms with Gasteiger partial charge in [-0.1, -0.05) is 0 Å². The molecule has 1 aromatic heterocycles. The standard InChI is InChI=1S/C13H9N2.3C4H9.Sn/c1-2-6-10(7-3-1)13-14-11-8-4-5-9-12(11)15-13;3*1-3-4-2;/h2-9H,(H,14,15);3*1,3-4H2,2H3;. The third kappa shape index (κ3) is 5.00. The number of hydrogen-bond acceptors (Lipinski definition) is 1. The van der Waals surface area contributed by atoms with Crippen LogP contribution >= 0.6 is 0 Å². The Labute approximate surface area is 175 Å². The quantitative estimate of drug-likeness (QED) is 0.285. The van der Waals surface area contributed by atoms with E-state index in [9.17, 15) is 0 Å². The maximum absolute atomic E-state index is 4.79. The summed E-state index contributed by atoms with van der Waals surface area (Å²) in [6, 6.07) is 17.9. The van der Waals surface area contributed by atoms with Gasteiger partial charge in [0.25, 0.3) is 0 Å². The van der Waals surface area contributed by atoms with E-state index in [0.717, 1.165) is 16.9 Å². The molecule has 28 heavy (non-hydrogen) atoms. The third-order valence-electron chi connectivity index (χ3n) is 6.19. The van der Waals surface area contributed by atoms with E-state index in [1.165, 1.54) is 57.4 Å². The number of rotatable bonds is 11. The molecule has 1 heterocycles. The van der Waals surface area contributed by atoms with Crippen LogP contribution in [0.25, 0.3) is 22.4 Å². The van der Waals surface area contributed by atoms with Gasteiger partial charge in [0.05, 0.1) is 0 Å². The first-order chi connectivity index (χ1) is 13.7. The molecule has 0 atom stereocenters. The normalized spacial score (nSPS) is 12.0. The van der Waals surface area contributed by atoms with Crippen LogP contribution in [0.4, 0.5) is 0 Å². The van der Waals surface area contributed by atoms with Crippen molar-refractivity contribution in [2.75, 3.05) is 0 Å². The molecular weight excluding hydrogens is 447 g/mol. The van der Waals surface area contributed by atoms with Crippen LogP contribution in [0.5, 0.6) is 0 Å². The zero-order valence-corrected chi connectivity index (χ0v) is 20.8. The monoisotopic (exact) mass is 484 g/mol. The molecule has 0 fully saturated rings. The van der Waals surface area contributed by atoms with Gasteiger partial charge in [0.15, 0.2) is 0 Å². The van der Waals surface area contributed by atoms with E-state index in [1.54, 1.807) is 3.58 Å². The van der Waals surface area contributed by atoms with Crippen LogP contribution in [0.3, 0.4) is 0 Å². The summed E-state index contributed by atoms with van der Waals surface area (Å²) < 4.78 is 6.31. The van der Waals surface area contributed by atoms with Crippen LogP contribution in [-0.2, 0) is 0 Å². The molecule has 3 aromatic rings. The molecule has 0 amide bonds. The van der Waals surface area contributed by atoms with E-state index in [1.807, 2.05) is 6.07 Å². The summed E-state index contributed by atoms with van der Waals surface area (Å²) in [5.74, 6) is 0.990. The van der Waals surface area contributed by atoms with E-state index in [2.05, 4.69) is 68.2 Å². The fourth-order valence-electron chi connectivity index (χ4n) is 4.42. The fraction of sp³-hybridized carbons (Fsp3) is 0.480. The van der Waals surface area contributed by atoms with Crippen molar-refractivity contribution in [3.05, 3.63) is 48.5 Å². The SMILES string of the molecule is CCC[CH2][Sn]([CH2]CCC)([CH2]CCC)[c]1ccc(-c2nc3ccccc3[nH]2)cc1. The first-order valence-corrected chi connectivity index (χ1v) is 18.8. The first-order valence-electron chi connectivity index (χ1n) is 11.3. The van der Waals surface area contributed by atoms with Crippen molar-refractivity contribution in [1.82, 2.24) is 9.97 Å². The molecule has 0 unspecified atom stereocenters. The Morgan fingerprint density at radius 3 is 1.86 bits per heavy atom. The first kappa shape index (κ1) is 21.4. The van der Waals surface area contributed by atoms with Crippen molar-refractivity contribution in [2.45, 2.75) is 72.6 Å². The van der Waals surface area contributed by atoms with Gasteiger partial charge in [0.1, 0.15) is 0 Å². The predicted octanol–water partition coefficient (Wildman–Crippen LogP) is 7.29. The predicted molar refractivity (Wildman–Crippen MR) is 126 cm³/mol. The molecule has 3 rings (SSSR count). The molecule has 0 aliphatic carbocycles. The molecule has 150 valence electrons. The van der Waals surface area contributed by atoms with Crippen LogP contribution in [-0.4, -0.2) is 28.3 Å². The number of unbranched alkanes of at least 4 members (excludes halogenated alkanes) is 3. The summed E-state index contributed by atoms with van der Waals surface area (Å²) in [6.07, 6.45) is 8.22. The number of imidazole rings is 1. The second-order valence-electron chi connectivity index (χ2n) is 8.27. The van der Waals surface area contributed by atoms with Crippen LogP contribution in [0.15, 0.2) is 48.5 Å². The van der Waals surface area contributed by atoms with Crippen LogP contribution < -0.4 is 3.58 Å². The molecule has 1 N–H and O–H groups in total. The molecule has 0 saturated heterocycles. The van der Waals surface area contributed by atoms with Crippen LogP contribution in [0.1, 0.15) is 59.3 Å². The summed E-state index contributed by atoms with van der Waals surface area (Å²) >= 11 is -2.32. The maximum atomic E-state index is 4.79. The molecule has 0 saturated carbocycles. The van der Waals surface area contributed by atoms with E-state index >= 15 is 0 Å². The van der Waals surface area contributed by atoms with Crippen LogP contribution in [0, 0.1) is 0 Å². The van der Waals surface area contributed by atoms with Gasteiger partial charge in [0, 0.05) is 0 Å². The van der Waals surface area contributed by atoms with Gasteiger partial charge < -0.3 is 0 Å². The number of nitrogens with zero attached hydrogens (tertiary/aromatic N) is 1. The van der Waals surface area contributed by atoms with Crippen molar-refractivity contribution < 1.29 is 0 Å². The Morgan fingerprint density at radius 2 is 1.32 bits per heavy atom. The van der Waals surface area contributed by atoms with Gasteiger partial charge in [-0.25, -0.2) is 0 Å². The topological polar surface area (TPSA) is 28.7 Å². The Kier molecular flexibility index (Phi) is 8.01. The number of nitrogens with one attached hydrogen (secondary N) is 1. The Hall–Kier alpha value is -1.29. The molecule has 0 aliphatic rings. The molecule has 0 aliphatic heterocycles. The Balaban J connectivity index is 1.90. The summed E-state index contributed by atoms with van der Waals surface area (Å²) in [6.45, 7) is 7.04. The number of para-hydroxylation sites is 2. The number of aromatic nitrogens is 2. The second kappa shape index (κ2) is 10.5. The van der Waals surface area contributed by atoms with Crippen molar-refractivity contribution >= 4 is 33.0 Å². The van der Waals surface area contributed by atoms with E-state index in [0.29, 0.717) is 0 Å². The number of H-pyrrole nitrogens is 1. The number of fused-ring (bicyclic) bond motifs is 1. The minimum atomic E-state index is -2.32. The molecule has 0 spiro atoms. The summed E-state index contributed by atoms with van der Waals surface area (Å²) in [4.78, 5) is 8.26. The van der Waals surface area contributed by atoms with Gasteiger partial charge in [-0.2, -0.15) is 0 Å². The Morgan fingerprint density at radius 1 is 0.750 bits per heavy atom. The summed E-state index contributed by atoms with van der Waals surface area (Å²) in [7, 11) is 0. The zero-order valence-electron chi connectivity index (χ0n) is 17.9. The van der Waals surface area contributed by atoms with Crippen molar-refractivity contribution in [3.63, 3.8) is 0 Å². The molecular formula is C25H36N2Sn. The van der Waals surface area contributed by atoms with Gasteiger partial charge in [-0.05, 0) is 0 Å². The van der Waals surface area contributed by atoms with Gasteiger partial charge in [-0.15, -0.1) is 0 Å². The molecule has 2 aromatic carbocycles. The average Bonchev–Trinajstić information content (AvgIpc) is 3.18. The molecule has 0 radical (unpaired) electrons. The number of benzene rings is 2. The van der Waals surface area contributed by atoms with Crippen molar-refractivity contribution in [2.24, 2.45) is 0 Å². The van der Waals surface area contributed by atoms with E-state index in [4.69, 9.17) is 4.98 Å². The van der Waals surface area contributed by atoms with Crippen molar-refractivity contribution in [1.29, 1.82) is 0 Å². The van der Waals surface area contributed by atoms with Gasteiger partial charge in [0.2, 0.25) is 0 Å². The van der Waals surface area contributed by atoms with Gasteiger partial charge >= 0.3 is 175 Å². The molecule has 3 heteroatoms. The zero-order chi connectivity index (χ0) is 19.8. The van der Waals surface area contributed by atoms with Crippen molar-refractivity contribution in [3.8, 4) is 11.4 Å². The van der Waals surface area contributed by atoms with E-state index < -0.39 is 18.4 Å². The summed E-state index contributed by atoms with van der Waals surface area (Å²) in [5.41, 5.74) is 3.37. The third-order valence-corrected chi connectivity index (χ3v) is 21.9. The van der Waals surface area contributed by atoms with Gasteiger partial charge in [-0.3, -0.25) is 0 Å². The second-order valence-corrected chi connectivity index (χ2v) is 21.5. The molecule has 2 nitrogen and oxygen atoms in total. The molecule has 0 bridgehead atoms. The average molecular weight is 483 g/mol. The van der Waals surface area contributed by atoms with Crippen LogP contribution in [0.2, 0.25) is 13.3 Å². The fourth-order valence-corrected chi connectivity index (χ4v) is 20.4. The summed E-state index contributed by atoms with van der Waals surface area (Å²) in [5, 5.41) is 0. The number of hydrogen-bond donors (Lipinski definition) is 1.